The molecule has 0 aliphatic carbocycles. The molecule has 0 radical (unpaired) electrons. The van der Waals surface area contributed by atoms with Gasteiger partial charge in [0.05, 0.1) is 20.4 Å². The van der Waals surface area contributed by atoms with E-state index >= 15 is 0 Å². The number of methoxy groups -OCH3 is 2. The van der Waals surface area contributed by atoms with E-state index in [2.05, 4.69) is 10.4 Å². The first-order chi connectivity index (χ1) is 16.0. The molecule has 0 saturated heterocycles. The van der Waals surface area contributed by atoms with E-state index in [1.807, 2.05) is 47.0 Å². The van der Waals surface area contributed by atoms with Gasteiger partial charge in [-0.25, -0.2) is 4.68 Å². The topological polar surface area (TPSA) is 87.4 Å². The van der Waals surface area contributed by atoms with E-state index in [-0.39, 0.29) is 11.5 Å². The van der Waals surface area contributed by atoms with Crippen molar-refractivity contribution in [1.29, 1.82) is 0 Å². The Morgan fingerprint density at radius 2 is 1.91 bits per heavy atom. The fraction of sp³-hybridized carbons (Fsp3) is 0.320. The summed E-state index contributed by atoms with van der Waals surface area (Å²) in [5, 5.41) is 8.98. The quantitative estimate of drug-likeness (QED) is 0.425. The Labute approximate surface area is 191 Å². The molecule has 0 unspecified atom stereocenters. The normalized spacial score (nSPS) is 11.1. The average Bonchev–Trinajstić information content (AvgIpc) is 3.16. The molecular weight excluding hydrogens is 420 g/mol. The molecule has 2 heterocycles. The number of aryl methyl sites for hydroxylation is 2. The highest BCUT2D eigenvalue weighted by atomic mass is 16.5. The van der Waals surface area contributed by atoms with Crippen molar-refractivity contribution in [3.05, 3.63) is 64.6 Å². The molecule has 0 atom stereocenters. The van der Waals surface area contributed by atoms with Gasteiger partial charge in [-0.1, -0.05) is 24.3 Å². The zero-order valence-electron chi connectivity index (χ0n) is 19.1. The maximum absolute atomic E-state index is 12.8. The van der Waals surface area contributed by atoms with Crippen LogP contribution in [0.1, 0.15) is 18.4 Å². The number of benzene rings is 2. The van der Waals surface area contributed by atoms with Crippen molar-refractivity contribution in [2.45, 2.75) is 25.8 Å². The maximum atomic E-state index is 12.8. The Bertz CT molecular complexity index is 1360. The lowest BCUT2D eigenvalue weighted by Gasteiger charge is -2.11. The molecule has 172 valence electrons. The van der Waals surface area contributed by atoms with E-state index in [9.17, 15) is 9.59 Å². The van der Waals surface area contributed by atoms with E-state index in [0.717, 1.165) is 33.4 Å². The number of rotatable bonds is 9. The van der Waals surface area contributed by atoms with Crippen LogP contribution < -0.4 is 20.3 Å². The number of hydrogen-bond donors (Lipinski definition) is 1. The molecule has 0 spiro atoms. The minimum Gasteiger partial charge on any atom is -0.497 e. The van der Waals surface area contributed by atoms with Crippen LogP contribution in [-0.2, 0) is 24.8 Å². The van der Waals surface area contributed by atoms with Crippen molar-refractivity contribution in [3.8, 4) is 11.5 Å². The molecule has 1 N–H and O–H groups in total. The number of carbonyl (C=O) groups is 1. The summed E-state index contributed by atoms with van der Waals surface area (Å²) in [6, 6.07) is 13.6. The van der Waals surface area contributed by atoms with Crippen LogP contribution in [0.25, 0.3) is 21.8 Å². The van der Waals surface area contributed by atoms with Gasteiger partial charge in [-0.3, -0.25) is 9.59 Å². The van der Waals surface area contributed by atoms with E-state index in [0.29, 0.717) is 37.9 Å². The summed E-state index contributed by atoms with van der Waals surface area (Å²) >= 11 is 0. The minimum absolute atomic E-state index is 0.0159. The van der Waals surface area contributed by atoms with Crippen LogP contribution in [-0.4, -0.2) is 41.0 Å². The summed E-state index contributed by atoms with van der Waals surface area (Å²) in [7, 11) is 4.88. The molecule has 4 rings (SSSR count). The van der Waals surface area contributed by atoms with Crippen LogP contribution in [0.3, 0.4) is 0 Å². The fourth-order valence-corrected chi connectivity index (χ4v) is 4.15. The third-order valence-electron chi connectivity index (χ3n) is 5.86. The number of aromatic nitrogens is 3. The van der Waals surface area contributed by atoms with Gasteiger partial charge in [0.1, 0.15) is 17.0 Å². The molecule has 4 aromatic rings. The van der Waals surface area contributed by atoms with Gasteiger partial charge in [0, 0.05) is 48.9 Å². The summed E-state index contributed by atoms with van der Waals surface area (Å²) in [5.41, 5.74) is 2.47. The second-order valence-corrected chi connectivity index (χ2v) is 7.89. The smallest absolute Gasteiger partial charge is 0.291 e. The number of para-hydroxylation sites is 1. The number of ether oxygens (including phenoxy) is 2. The van der Waals surface area contributed by atoms with Crippen LogP contribution in [0, 0.1) is 0 Å². The van der Waals surface area contributed by atoms with Gasteiger partial charge in [0.2, 0.25) is 5.91 Å². The number of fused-ring (bicyclic) bond motifs is 3. The van der Waals surface area contributed by atoms with E-state index < -0.39 is 0 Å². The Balaban J connectivity index is 1.38. The number of amides is 1. The van der Waals surface area contributed by atoms with Gasteiger partial charge in [0.15, 0.2) is 0 Å². The highest BCUT2D eigenvalue weighted by Gasteiger charge is 2.15. The summed E-state index contributed by atoms with van der Waals surface area (Å²) in [5.74, 6) is 1.46. The van der Waals surface area contributed by atoms with Crippen molar-refractivity contribution < 1.29 is 14.3 Å². The Morgan fingerprint density at radius 1 is 1.09 bits per heavy atom. The molecule has 0 aliphatic rings. The summed E-state index contributed by atoms with van der Waals surface area (Å²) < 4.78 is 14.0. The van der Waals surface area contributed by atoms with Crippen molar-refractivity contribution in [3.63, 3.8) is 0 Å². The van der Waals surface area contributed by atoms with Crippen molar-refractivity contribution >= 4 is 27.7 Å². The highest BCUT2D eigenvalue weighted by Crippen LogP contribution is 2.27. The molecule has 0 bridgehead atoms. The lowest BCUT2D eigenvalue weighted by Crippen LogP contribution is -2.26. The molecule has 8 nitrogen and oxygen atoms in total. The van der Waals surface area contributed by atoms with E-state index in [1.54, 1.807) is 27.5 Å². The zero-order chi connectivity index (χ0) is 23.4. The highest BCUT2D eigenvalue weighted by molar-refractivity contribution is 6.07. The average molecular weight is 449 g/mol. The van der Waals surface area contributed by atoms with Gasteiger partial charge >= 0.3 is 0 Å². The lowest BCUT2D eigenvalue weighted by atomic mass is 10.1. The molecule has 33 heavy (non-hydrogen) atoms. The molecule has 8 heteroatoms. The first-order valence-corrected chi connectivity index (χ1v) is 10.9. The first-order valence-electron chi connectivity index (χ1n) is 10.9. The lowest BCUT2D eigenvalue weighted by molar-refractivity contribution is -0.121. The third-order valence-corrected chi connectivity index (χ3v) is 5.86. The summed E-state index contributed by atoms with van der Waals surface area (Å²) in [6.45, 7) is 1.09. The number of hydrogen-bond acceptors (Lipinski definition) is 5. The zero-order valence-corrected chi connectivity index (χ0v) is 19.1. The number of nitrogens with one attached hydrogen (secondary N) is 1. The van der Waals surface area contributed by atoms with E-state index in [4.69, 9.17) is 9.47 Å². The van der Waals surface area contributed by atoms with Gasteiger partial charge < -0.3 is 19.4 Å². The van der Waals surface area contributed by atoms with Crippen molar-refractivity contribution in [2.75, 3.05) is 20.8 Å². The Kier molecular flexibility index (Phi) is 6.63. The molecular formula is C25H28N4O4. The molecule has 0 aliphatic heterocycles. The SMILES string of the molecule is COc1ccc(CCNC(=O)CCCn2c3ccccc3c3cnn(C)c(=O)c32)c(OC)c1. The number of nitrogens with zero attached hydrogens (tertiary/aromatic N) is 3. The molecule has 0 saturated carbocycles. The second-order valence-electron chi connectivity index (χ2n) is 7.89. The van der Waals surface area contributed by atoms with E-state index in [1.165, 1.54) is 4.68 Å². The van der Waals surface area contributed by atoms with Crippen LogP contribution in [0.15, 0.2) is 53.5 Å². The van der Waals surface area contributed by atoms with Crippen LogP contribution in [0.5, 0.6) is 11.5 Å². The van der Waals surface area contributed by atoms with Crippen molar-refractivity contribution in [1.82, 2.24) is 19.7 Å². The van der Waals surface area contributed by atoms with Gasteiger partial charge in [0.25, 0.3) is 5.56 Å². The Hall–Kier alpha value is -3.81. The summed E-state index contributed by atoms with van der Waals surface area (Å²) in [6.07, 6.45) is 3.39. The first kappa shape index (κ1) is 22.4. The van der Waals surface area contributed by atoms with Crippen LogP contribution in [0.2, 0.25) is 0 Å². The Morgan fingerprint density at radius 3 is 2.70 bits per heavy atom. The van der Waals surface area contributed by atoms with Gasteiger partial charge in [-0.2, -0.15) is 5.10 Å². The molecule has 0 fully saturated rings. The van der Waals surface area contributed by atoms with Gasteiger partial charge in [-0.05, 0) is 30.5 Å². The minimum atomic E-state index is -0.137. The maximum Gasteiger partial charge on any atom is 0.291 e. The molecule has 1 amide bonds. The van der Waals surface area contributed by atoms with Crippen LogP contribution >= 0.6 is 0 Å². The predicted molar refractivity (Wildman–Crippen MR) is 128 cm³/mol. The second kappa shape index (κ2) is 9.77. The van der Waals surface area contributed by atoms with Gasteiger partial charge in [-0.15, -0.1) is 0 Å². The predicted octanol–water partition coefficient (Wildman–Crippen LogP) is 3.04. The molecule has 2 aromatic carbocycles. The largest absolute Gasteiger partial charge is 0.497 e. The standard InChI is InChI=1S/C25H28N4O4/c1-28-25(31)24-20(16-27-28)19-7-4-5-8-21(19)29(24)14-6-9-23(30)26-13-12-17-10-11-18(32-2)15-22(17)33-3/h4-5,7-8,10-11,15-16H,6,9,12-14H2,1-3H3,(H,26,30). The van der Waals surface area contributed by atoms with Crippen molar-refractivity contribution in [2.24, 2.45) is 7.05 Å². The fourth-order valence-electron chi connectivity index (χ4n) is 4.15. The third kappa shape index (κ3) is 4.55. The number of carbonyl (C=O) groups excluding carboxylic acids is 1. The molecule has 2 aromatic heterocycles. The monoisotopic (exact) mass is 448 g/mol. The summed E-state index contributed by atoms with van der Waals surface area (Å²) in [4.78, 5) is 25.2. The van der Waals surface area contributed by atoms with Crippen LogP contribution in [0.4, 0.5) is 0 Å².